The Morgan fingerprint density at radius 2 is 1.86 bits per heavy atom. The van der Waals surface area contributed by atoms with Gasteiger partial charge in [0.2, 0.25) is 0 Å². The molecule has 0 saturated carbocycles. The van der Waals surface area contributed by atoms with E-state index in [0.717, 1.165) is 0 Å². The highest BCUT2D eigenvalue weighted by Gasteiger charge is 2.20. The van der Waals surface area contributed by atoms with Gasteiger partial charge < -0.3 is 0 Å². The maximum atomic E-state index is 10.9. The van der Waals surface area contributed by atoms with Crippen LogP contribution in [0.25, 0.3) is 0 Å². The molecule has 41 valence electrons. The van der Waals surface area contributed by atoms with Crippen molar-refractivity contribution in [2.75, 3.05) is 0 Å². The van der Waals surface area contributed by atoms with Crippen molar-refractivity contribution in [1.29, 1.82) is 0 Å². The van der Waals surface area contributed by atoms with Crippen LogP contribution in [-0.4, -0.2) is 6.18 Å². The van der Waals surface area contributed by atoms with Gasteiger partial charge in [-0.3, -0.25) is 0 Å². The minimum atomic E-state index is -4.19. The highest BCUT2D eigenvalue weighted by atomic mass is 19.4. The Morgan fingerprint density at radius 1 is 1.43 bits per heavy atom. The fraction of sp³-hybridized carbons (Fsp3) is 0.500. The summed E-state index contributed by atoms with van der Waals surface area (Å²) in [6.45, 7) is 1.20. The van der Waals surface area contributed by atoms with E-state index in [0.29, 0.717) is 0 Å². The first kappa shape index (κ1) is 6.53. The third-order valence-electron chi connectivity index (χ3n) is 0.308. The number of rotatable bonds is 0. The lowest BCUT2D eigenvalue weighted by molar-refractivity contribution is -0.0803. The summed E-state index contributed by atoms with van der Waals surface area (Å²) in [5, 5.41) is 0. The highest BCUT2D eigenvalue weighted by molar-refractivity contribution is 4.78. The molecule has 0 bridgehead atoms. The van der Waals surface area contributed by atoms with Gasteiger partial charge in [0, 0.05) is 6.08 Å². The second-order valence-electron chi connectivity index (χ2n) is 0.975. The van der Waals surface area contributed by atoms with E-state index in [2.05, 4.69) is 0 Å². The molecule has 1 radical (unpaired) electrons. The van der Waals surface area contributed by atoms with Crippen molar-refractivity contribution in [2.24, 2.45) is 0 Å². The van der Waals surface area contributed by atoms with E-state index in [9.17, 15) is 13.2 Å². The molecular formula is C4H4F3. The van der Waals surface area contributed by atoms with Crippen molar-refractivity contribution >= 4 is 0 Å². The van der Waals surface area contributed by atoms with E-state index in [1.807, 2.05) is 6.08 Å². The second-order valence-corrected chi connectivity index (χ2v) is 0.975. The Kier molecular flexibility index (Phi) is 1.87. The molecule has 0 aromatic rings. The van der Waals surface area contributed by atoms with Gasteiger partial charge in [0.05, 0.1) is 0 Å². The normalized spacial score (nSPS) is 13.1. The van der Waals surface area contributed by atoms with E-state index < -0.39 is 6.18 Å². The number of hydrogen-bond acceptors (Lipinski definition) is 0. The number of alkyl halides is 3. The molecule has 0 atom stereocenters. The highest BCUT2D eigenvalue weighted by Crippen LogP contribution is 2.14. The summed E-state index contributed by atoms with van der Waals surface area (Å²) < 4.78 is 32.8. The van der Waals surface area contributed by atoms with Crippen molar-refractivity contribution in [3.05, 3.63) is 12.2 Å². The van der Waals surface area contributed by atoms with Crippen LogP contribution in [0.3, 0.4) is 0 Å². The predicted molar refractivity (Wildman–Crippen MR) is 19.5 cm³/mol. The van der Waals surface area contributed by atoms with Crippen LogP contribution in [0.2, 0.25) is 0 Å². The van der Waals surface area contributed by atoms with Crippen LogP contribution in [0.5, 0.6) is 0 Å². The summed E-state index contributed by atoms with van der Waals surface area (Å²) in [5.74, 6) is 0. The molecule has 0 aromatic heterocycles. The molecule has 3 heteroatoms. The maximum Gasteiger partial charge on any atom is 0.410 e. The molecule has 0 N–H and O–H groups in total. The van der Waals surface area contributed by atoms with Gasteiger partial charge in [-0.25, -0.2) is 0 Å². The Bertz CT molecular complexity index is 69.5. The first-order valence-electron chi connectivity index (χ1n) is 1.64. The third-order valence-corrected chi connectivity index (χ3v) is 0.308. The Hall–Kier alpha value is -0.470. The van der Waals surface area contributed by atoms with E-state index >= 15 is 0 Å². The summed E-state index contributed by atoms with van der Waals surface area (Å²) in [6, 6.07) is 0. The van der Waals surface area contributed by atoms with Crippen LogP contribution in [0.15, 0.2) is 6.08 Å². The first-order chi connectivity index (χ1) is 3.06. The molecule has 0 fully saturated rings. The molecular weight excluding hydrogens is 105 g/mol. The smallest absolute Gasteiger partial charge is 0.167 e. The van der Waals surface area contributed by atoms with Crippen molar-refractivity contribution < 1.29 is 13.2 Å². The van der Waals surface area contributed by atoms with Crippen LogP contribution in [0.1, 0.15) is 6.92 Å². The third kappa shape index (κ3) is 5.53. The number of allylic oxidation sites excluding steroid dienone is 2. The average molecular weight is 109 g/mol. The van der Waals surface area contributed by atoms with Crippen LogP contribution >= 0.6 is 0 Å². The van der Waals surface area contributed by atoms with Crippen LogP contribution in [-0.2, 0) is 0 Å². The zero-order chi connectivity index (χ0) is 5.91. The molecule has 0 spiro atoms. The SMILES string of the molecule is C[C]=CC(F)(F)F. The lowest BCUT2D eigenvalue weighted by atomic mass is 10.5. The monoisotopic (exact) mass is 109 g/mol. The molecule has 0 nitrogen and oxygen atoms in total. The Labute approximate surface area is 39.6 Å². The Balaban J connectivity index is 3.56. The van der Waals surface area contributed by atoms with Crippen molar-refractivity contribution in [1.82, 2.24) is 0 Å². The fourth-order valence-electron chi connectivity index (χ4n) is 0.164. The maximum absolute atomic E-state index is 10.9. The van der Waals surface area contributed by atoms with Crippen molar-refractivity contribution in [3.8, 4) is 0 Å². The van der Waals surface area contributed by atoms with Crippen LogP contribution < -0.4 is 0 Å². The van der Waals surface area contributed by atoms with E-state index in [4.69, 9.17) is 0 Å². The van der Waals surface area contributed by atoms with Crippen LogP contribution in [0, 0.1) is 6.08 Å². The summed E-state index contributed by atoms with van der Waals surface area (Å²) in [4.78, 5) is 0. The van der Waals surface area contributed by atoms with E-state index in [1.165, 1.54) is 6.92 Å². The largest absolute Gasteiger partial charge is 0.410 e. The molecule has 0 saturated heterocycles. The van der Waals surface area contributed by atoms with Crippen LogP contribution in [0.4, 0.5) is 13.2 Å². The average Bonchev–Trinajstić information content (AvgIpc) is 1.30. The quantitative estimate of drug-likeness (QED) is 0.445. The minimum Gasteiger partial charge on any atom is -0.167 e. The lowest BCUT2D eigenvalue weighted by Crippen LogP contribution is -1.99. The molecule has 0 unspecified atom stereocenters. The van der Waals surface area contributed by atoms with Gasteiger partial charge in [-0.2, -0.15) is 13.2 Å². The van der Waals surface area contributed by atoms with Crippen molar-refractivity contribution in [2.45, 2.75) is 13.1 Å². The van der Waals surface area contributed by atoms with E-state index in [1.54, 1.807) is 0 Å². The molecule has 0 amide bonds. The lowest BCUT2D eigenvalue weighted by Gasteiger charge is -1.93. The fourth-order valence-corrected chi connectivity index (χ4v) is 0.164. The molecule has 0 rings (SSSR count). The summed E-state index contributed by atoms with van der Waals surface area (Å²) in [7, 11) is 0. The first-order valence-corrected chi connectivity index (χ1v) is 1.64. The van der Waals surface area contributed by atoms with Crippen molar-refractivity contribution in [3.63, 3.8) is 0 Å². The van der Waals surface area contributed by atoms with Gasteiger partial charge in [-0.15, -0.1) is 0 Å². The van der Waals surface area contributed by atoms with Gasteiger partial charge in [0.15, 0.2) is 0 Å². The zero-order valence-electron chi connectivity index (χ0n) is 3.71. The van der Waals surface area contributed by atoms with Gasteiger partial charge in [-0.1, -0.05) is 0 Å². The number of hydrogen-bond donors (Lipinski definition) is 0. The minimum absolute atomic E-state index is 0.0625. The zero-order valence-corrected chi connectivity index (χ0v) is 3.71. The standard InChI is InChI=1S/C4H4F3/c1-2-3-4(5,6)7/h3H,1H3. The molecule has 0 aliphatic heterocycles. The van der Waals surface area contributed by atoms with Gasteiger partial charge in [-0.05, 0) is 13.0 Å². The predicted octanol–water partition coefficient (Wildman–Crippen LogP) is 1.93. The second kappa shape index (κ2) is 2.00. The van der Waals surface area contributed by atoms with Gasteiger partial charge in [0.1, 0.15) is 0 Å². The topological polar surface area (TPSA) is 0 Å². The summed E-state index contributed by atoms with van der Waals surface area (Å²) in [6.07, 6.45) is -2.27. The molecule has 0 aromatic carbocycles. The molecule has 0 heterocycles. The van der Waals surface area contributed by atoms with Gasteiger partial charge in [0.25, 0.3) is 0 Å². The Morgan fingerprint density at radius 3 is 1.86 bits per heavy atom. The molecule has 0 aliphatic carbocycles. The summed E-state index contributed by atoms with van der Waals surface area (Å²) >= 11 is 0. The molecule has 7 heavy (non-hydrogen) atoms. The van der Waals surface area contributed by atoms with E-state index in [-0.39, 0.29) is 6.08 Å². The van der Waals surface area contributed by atoms with Gasteiger partial charge >= 0.3 is 6.18 Å². The summed E-state index contributed by atoms with van der Waals surface area (Å²) in [5.41, 5.74) is 0. The number of halogens is 3. The molecule has 0 aliphatic rings.